The van der Waals surface area contributed by atoms with Crippen molar-refractivity contribution in [3.05, 3.63) is 52.7 Å². The van der Waals surface area contributed by atoms with Gasteiger partial charge in [0.15, 0.2) is 5.65 Å². The zero-order valence-corrected chi connectivity index (χ0v) is 18.2. The first-order chi connectivity index (χ1) is 15.0. The zero-order valence-electron chi connectivity index (χ0n) is 17.4. The highest BCUT2D eigenvalue weighted by atomic mass is 35.5. The highest BCUT2D eigenvalue weighted by Gasteiger charge is 2.28. The highest BCUT2D eigenvalue weighted by molar-refractivity contribution is 6.33. The molecule has 1 aliphatic rings. The van der Waals surface area contributed by atoms with E-state index >= 15 is 0 Å². The van der Waals surface area contributed by atoms with Crippen LogP contribution in [-0.2, 0) is 20.1 Å². The molecule has 160 valence electrons. The van der Waals surface area contributed by atoms with Crippen molar-refractivity contribution in [2.45, 2.75) is 45.2 Å². The van der Waals surface area contributed by atoms with E-state index in [0.29, 0.717) is 28.9 Å². The maximum absolute atomic E-state index is 13.4. The molecular weight excluding hydrogens is 416 g/mol. The summed E-state index contributed by atoms with van der Waals surface area (Å²) >= 11 is 6.36. The van der Waals surface area contributed by atoms with Gasteiger partial charge in [-0.25, -0.2) is 14.3 Å². The van der Waals surface area contributed by atoms with E-state index in [2.05, 4.69) is 27.5 Å². The van der Waals surface area contributed by atoms with Crippen LogP contribution in [0.15, 0.2) is 30.9 Å². The third kappa shape index (κ3) is 3.81. The molecule has 10 heteroatoms. The summed E-state index contributed by atoms with van der Waals surface area (Å²) in [5, 5.41) is 17.0. The molecular formula is C21H23ClN8O. The van der Waals surface area contributed by atoms with Gasteiger partial charge in [0.1, 0.15) is 10.8 Å². The van der Waals surface area contributed by atoms with Gasteiger partial charge in [0.2, 0.25) is 0 Å². The first-order valence-electron chi connectivity index (χ1n) is 10.4. The molecule has 9 nitrogen and oxygen atoms in total. The molecule has 4 aromatic rings. The van der Waals surface area contributed by atoms with Crippen LogP contribution in [0.5, 0.6) is 0 Å². The number of carbonyl (C=O) groups excluding carboxylic acids is 1. The molecule has 0 bridgehead atoms. The molecule has 1 fully saturated rings. The van der Waals surface area contributed by atoms with Crippen LogP contribution in [0.25, 0.3) is 11.0 Å². The van der Waals surface area contributed by atoms with E-state index in [1.807, 2.05) is 24.0 Å². The number of anilines is 1. The molecule has 1 N–H and O–H groups in total. The number of fused-ring (bicyclic) bond motifs is 1. The Morgan fingerprint density at radius 1 is 1.19 bits per heavy atom. The van der Waals surface area contributed by atoms with Gasteiger partial charge in [-0.05, 0) is 25.3 Å². The SMILES string of the molecule is CCCn1ncc2c(C(=O)Nc3c(Cl)cnn3Cc3cnn(C)c3)cc(C3CC3)nc21. The standard InChI is InChI=1S/C21H23ClN8O/c1-3-6-29-19-16(9-24-29)15(7-18(26-19)14-4-5-14)21(31)27-20-17(22)10-25-30(20)12-13-8-23-28(2)11-13/h7-11,14H,3-6,12H2,1-2H3,(H,27,31). The zero-order chi connectivity index (χ0) is 21.5. The molecule has 0 atom stereocenters. The number of aromatic nitrogens is 7. The van der Waals surface area contributed by atoms with E-state index in [1.165, 1.54) is 6.20 Å². The van der Waals surface area contributed by atoms with Crippen molar-refractivity contribution < 1.29 is 4.79 Å². The Morgan fingerprint density at radius 3 is 2.71 bits per heavy atom. The molecule has 4 aromatic heterocycles. The smallest absolute Gasteiger partial charge is 0.257 e. The number of pyridine rings is 1. The minimum absolute atomic E-state index is 0.250. The normalized spacial score (nSPS) is 13.8. The van der Waals surface area contributed by atoms with Gasteiger partial charge in [-0.1, -0.05) is 18.5 Å². The molecule has 5 rings (SSSR count). The van der Waals surface area contributed by atoms with Gasteiger partial charge in [0, 0.05) is 37.0 Å². The molecule has 4 heterocycles. The number of aryl methyl sites for hydroxylation is 2. The molecule has 0 aromatic carbocycles. The molecule has 0 spiro atoms. The minimum atomic E-state index is -0.250. The van der Waals surface area contributed by atoms with Crippen molar-refractivity contribution in [2.24, 2.45) is 7.05 Å². The van der Waals surface area contributed by atoms with Crippen LogP contribution in [-0.4, -0.2) is 40.2 Å². The first-order valence-corrected chi connectivity index (χ1v) is 10.8. The third-order valence-corrected chi connectivity index (χ3v) is 5.70. The van der Waals surface area contributed by atoms with Crippen molar-refractivity contribution in [3.63, 3.8) is 0 Å². The molecule has 1 amide bonds. The topological polar surface area (TPSA) is 95.5 Å². The minimum Gasteiger partial charge on any atom is -0.305 e. The second-order valence-electron chi connectivity index (χ2n) is 7.95. The van der Waals surface area contributed by atoms with Gasteiger partial charge < -0.3 is 5.32 Å². The highest BCUT2D eigenvalue weighted by Crippen LogP contribution is 2.40. The van der Waals surface area contributed by atoms with Crippen molar-refractivity contribution in [2.75, 3.05) is 5.32 Å². The molecule has 0 saturated heterocycles. The lowest BCUT2D eigenvalue weighted by Gasteiger charge is -2.11. The average molecular weight is 439 g/mol. The number of rotatable bonds is 7. The molecule has 1 saturated carbocycles. The largest absolute Gasteiger partial charge is 0.305 e. The van der Waals surface area contributed by atoms with E-state index in [4.69, 9.17) is 16.6 Å². The second-order valence-corrected chi connectivity index (χ2v) is 8.36. The van der Waals surface area contributed by atoms with Gasteiger partial charge in [0.05, 0.1) is 36.1 Å². The van der Waals surface area contributed by atoms with E-state index in [1.54, 1.807) is 21.8 Å². The van der Waals surface area contributed by atoms with Crippen LogP contribution < -0.4 is 5.32 Å². The van der Waals surface area contributed by atoms with Gasteiger partial charge in [-0.15, -0.1) is 0 Å². The third-order valence-electron chi connectivity index (χ3n) is 5.42. The van der Waals surface area contributed by atoms with Crippen LogP contribution >= 0.6 is 11.6 Å². The van der Waals surface area contributed by atoms with Crippen molar-refractivity contribution in [3.8, 4) is 0 Å². The Morgan fingerprint density at radius 2 is 2.00 bits per heavy atom. The summed E-state index contributed by atoms with van der Waals surface area (Å²) in [7, 11) is 1.85. The Kier molecular flexibility index (Phi) is 4.97. The van der Waals surface area contributed by atoms with Crippen molar-refractivity contribution in [1.82, 2.24) is 34.3 Å². The summed E-state index contributed by atoms with van der Waals surface area (Å²) in [5.41, 5.74) is 3.22. The molecule has 31 heavy (non-hydrogen) atoms. The Hall–Kier alpha value is -3.20. The fourth-order valence-electron chi connectivity index (χ4n) is 3.73. The summed E-state index contributed by atoms with van der Waals surface area (Å²) in [6.45, 7) is 3.30. The van der Waals surface area contributed by atoms with E-state index in [9.17, 15) is 4.79 Å². The van der Waals surface area contributed by atoms with Crippen LogP contribution in [0.1, 0.15) is 53.7 Å². The summed E-state index contributed by atoms with van der Waals surface area (Å²) in [5.74, 6) is 0.621. The predicted octanol–water partition coefficient (Wildman–Crippen LogP) is 3.60. The fraction of sp³-hybridized carbons (Fsp3) is 0.381. The van der Waals surface area contributed by atoms with Crippen molar-refractivity contribution in [1.29, 1.82) is 0 Å². The summed E-state index contributed by atoms with van der Waals surface area (Å²) in [6.07, 6.45) is 10.1. The number of nitrogens with zero attached hydrogens (tertiary/aromatic N) is 7. The summed E-state index contributed by atoms with van der Waals surface area (Å²) < 4.78 is 5.26. The first kappa shape index (κ1) is 19.7. The Bertz CT molecular complexity index is 1270. The molecule has 1 aliphatic carbocycles. The quantitative estimate of drug-likeness (QED) is 0.475. The van der Waals surface area contributed by atoms with E-state index < -0.39 is 0 Å². The Balaban J connectivity index is 1.49. The lowest BCUT2D eigenvalue weighted by molar-refractivity contribution is 0.102. The van der Waals surface area contributed by atoms with Gasteiger partial charge >= 0.3 is 0 Å². The van der Waals surface area contributed by atoms with Crippen LogP contribution in [0, 0.1) is 0 Å². The van der Waals surface area contributed by atoms with E-state index in [-0.39, 0.29) is 5.91 Å². The number of nitrogens with one attached hydrogen (secondary N) is 1. The van der Waals surface area contributed by atoms with Crippen LogP contribution in [0.3, 0.4) is 0 Å². The molecule has 0 radical (unpaired) electrons. The monoisotopic (exact) mass is 438 g/mol. The second kappa shape index (κ2) is 7.81. The van der Waals surface area contributed by atoms with E-state index in [0.717, 1.165) is 48.1 Å². The van der Waals surface area contributed by atoms with Gasteiger partial charge in [-0.3, -0.25) is 9.48 Å². The lowest BCUT2D eigenvalue weighted by atomic mass is 10.1. The Labute approximate surface area is 184 Å². The number of carbonyl (C=O) groups is 1. The number of hydrogen-bond donors (Lipinski definition) is 1. The number of halogens is 1. The van der Waals surface area contributed by atoms with Gasteiger partial charge in [0.25, 0.3) is 5.91 Å². The van der Waals surface area contributed by atoms with Gasteiger partial charge in [-0.2, -0.15) is 15.3 Å². The fourth-order valence-corrected chi connectivity index (χ4v) is 3.92. The predicted molar refractivity (Wildman–Crippen MR) is 117 cm³/mol. The number of hydrogen-bond acceptors (Lipinski definition) is 5. The van der Waals surface area contributed by atoms with Crippen molar-refractivity contribution >= 4 is 34.4 Å². The maximum atomic E-state index is 13.4. The lowest BCUT2D eigenvalue weighted by Crippen LogP contribution is -2.17. The number of amides is 1. The summed E-state index contributed by atoms with van der Waals surface area (Å²) in [6, 6.07) is 1.89. The average Bonchev–Trinajstić information content (AvgIpc) is 3.29. The van der Waals surface area contributed by atoms with Crippen LogP contribution in [0.2, 0.25) is 5.02 Å². The summed E-state index contributed by atoms with van der Waals surface area (Å²) in [4.78, 5) is 18.2. The maximum Gasteiger partial charge on any atom is 0.257 e. The molecule has 0 unspecified atom stereocenters. The molecule has 0 aliphatic heterocycles. The van der Waals surface area contributed by atoms with Crippen LogP contribution in [0.4, 0.5) is 5.82 Å².